The highest BCUT2D eigenvalue weighted by atomic mass is 16.8. The first-order chi connectivity index (χ1) is 6.03. The summed E-state index contributed by atoms with van der Waals surface area (Å²) in [7, 11) is 0. The van der Waals surface area contributed by atoms with Crippen LogP contribution in [0.4, 0.5) is 0 Å². The summed E-state index contributed by atoms with van der Waals surface area (Å²) in [5.41, 5.74) is 0. The van der Waals surface area contributed by atoms with Gasteiger partial charge in [-0.15, -0.1) is 6.58 Å². The van der Waals surface area contributed by atoms with E-state index in [1.165, 1.54) is 0 Å². The van der Waals surface area contributed by atoms with Gasteiger partial charge in [0.15, 0.2) is 11.6 Å². The van der Waals surface area contributed by atoms with E-state index < -0.39 is 5.79 Å². The Kier molecular flexibility index (Phi) is 1.82. The van der Waals surface area contributed by atoms with Crippen LogP contribution in [0.1, 0.15) is 20.3 Å². The van der Waals surface area contributed by atoms with Crippen LogP contribution in [0.2, 0.25) is 0 Å². The van der Waals surface area contributed by atoms with Crippen LogP contribution in [0.5, 0.6) is 0 Å². The fraction of sp³-hybridized carbons (Fsp3) is 0.700. The molecule has 0 aromatic carbocycles. The molecule has 2 fully saturated rings. The minimum atomic E-state index is -0.618. The van der Waals surface area contributed by atoms with Crippen molar-refractivity contribution in [3.05, 3.63) is 12.7 Å². The standard InChI is InChI=1S/C10H14O3/c1-4-6-5-7(11)9-8(6)12-10(2,3)13-9/h4,6,8-9H,1,5H2,2-3H3/t6?,8-,9+/m1/s1. The van der Waals surface area contributed by atoms with Crippen LogP contribution in [0.25, 0.3) is 0 Å². The molecule has 1 heterocycles. The normalized spacial score (nSPS) is 42.0. The molecule has 72 valence electrons. The molecule has 13 heavy (non-hydrogen) atoms. The molecule has 0 amide bonds. The van der Waals surface area contributed by atoms with Crippen LogP contribution in [-0.2, 0) is 14.3 Å². The molecule has 2 rings (SSSR count). The molecular weight excluding hydrogens is 168 g/mol. The number of Topliss-reactive ketones (excluding diaryl/α,β-unsaturated/α-hetero) is 1. The van der Waals surface area contributed by atoms with Gasteiger partial charge in [0.1, 0.15) is 12.2 Å². The summed E-state index contributed by atoms with van der Waals surface area (Å²) in [5, 5.41) is 0. The highest BCUT2D eigenvalue weighted by Gasteiger charge is 2.52. The van der Waals surface area contributed by atoms with Gasteiger partial charge < -0.3 is 9.47 Å². The van der Waals surface area contributed by atoms with Gasteiger partial charge in [-0.25, -0.2) is 0 Å². The minimum Gasteiger partial charge on any atom is -0.343 e. The van der Waals surface area contributed by atoms with Crippen LogP contribution < -0.4 is 0 Å². The fourth-order valence-corrected chi connectivity index (χ4v) is 2.03. The maximum atomic E-state index is 11.5. The van der Waals surface area contributed by atoms with Gasteiger partial charge in [-0.05, 0) is 13.8 Å². The van der Waals surface area contributed by atoms with E-state index in [4.69, 9.17) is 9.47 Å². The Balaban J connectivity index is 2.22. The average molecular weight is 182 g/mol. The Labute approximate surface area is 77.7 Å². The number of carbonyl (C=O) groups excluding carboxylic acids is 1. The number of hydrogen-bond acceptors (Lipinski definition) is 3. The maximum absolute atomic E-state index is 11.5. The van der Waals surface area contributed by atoms with Crippen molar-refractivity contribution >= 4 is 5.78 Å². The second-order valence-corrected chi connectivity index (χ2v) is 4.09. The van der Waals surface area contributed by atoms with Crippen molar-refractivity contribution in [2.45, 2.75) is 38.3 Å². The van der Waals surface area contributed by atoms with E-state index >= 15 is 0 Å². The van der Waals surface area contributed by atoms with E-state index in [2.05, 4.69) is 6.58 Å². The Morgan fingerprint density at radius 1 is 1.54 bits per heavy atom. The number of fused-ring (bicyclic) bond motifs is 1. The van der Waals surface area contributed by atoms with Crippen molar-refractivity contribution in [3.63, 3.8) is 0 Å². The van der Waals surface area contributed by atoms with Crippen LogP contribution in [0.3, 0.4) is 0 Å². The van der Waals surface area contributed by atoms with Crippen LogP contribution in [0, 0.1) is 5.92 Å². The van der Waals surface area contributed by atoms with Crippen molar-refractivity contribution in [1.29, 1.82) is 0 Å². The Hall–Kier alpha value is -0.670. The van der Waals surface area contributed by atoms with Crippen molar-refractivity contribution in [3.8, 4) is 0 Å². The number of ketones is 1. The molecule has 0 aromatic heterocycles. The molecule has 1 unspecified atom stereocenters. The van der Waals surface area contributed by atoms with Gasteiger partial charge in [-0.3, -0.25) is 4.79 Å². The second-order valence-electron chi connectivity index (χ2n) is 4.09. The first kappa shape index (κ1) is 8.91. The molecule has 0 bridgehead atoms. The SMILES string of the molecule is C=CC1CC(=O)[C@@H]2OC(C)(C)O[C@H]12. The van der Waals surface area contributed by atoms with Crippen LogP contribution >= 0.6 is 0 Å². The number of ether oxygens (including phenoxy) is 2. The fourth-order valence-electron chi connectivity index (χ4n) is 2.03. The van der Waals surface area contributed by atoms with E-state index in [-0.39, 0.29) is 23.9 Å². The van der Waals surface area contributed by atoms with Gasteiger partial charge in [-0.1, -0.05) is 6.08 Å². The lowest BCUT2D eigenvalue weighted by atomic mass is 10.1. The third-order valence-electron chi connectivity index (χ3n) is 2.61. The third kappa shape index (κ3) is 1.32. The number of carbonyl (C=O) groups is 1. The summed E-state index contributed by atoms with van der Waals surface area (Å²) in [5.74, 6) is -0.355. The molecule has 0 N–H and O–H groups in total. The van der Waals surface area contributed by atoms with Crippen molar-refractivity contribution in [2.75, 3.05) is 0 Å². The Bertz CT molecular complexity index is 257. The van der Waals surface area contributed by atoms with Crippen molar-refractivity contribution in [2.24, 2.45) is 5.92 Å². The van der Waals surface area contributed by atoms with E-state index in [0.29, 0.717) is 6.42 Å². The first-order valence-corrected chi connectivity index (χ1v) is 4.54. The van der Waals surface area contributed by atoms with E-state index in [9.17, 15) is 4.79 Å². The molecule has 1 saturated heterocycles. The predicted octanol–water partition coefficient (Wildman–Crippen LogP) is 1.28. The van der Waals surface area contributed by atoms with Crippen molar-refractivity contribution in [1.82, 2.24) is 0 Å². The quantitative estimate of drug-likeness (QED) is 0.573. The zero-order chi connectivity index (χ0) is 9.64. The molecule has 1 aliphatic heterocycles. The Morgan fingerprint density at radius 2 is 2.23 bits per heavy atom. The van der Waals surface area contributed by atoms with Gasteiger partial charge in [0.25, 0.3) is 0 Å². The summed E-state index contributed by atoms with van der Waals surface area (Å²) in [6.45, 7) is 7.36. The summed E-state index contributed by atoms with van der Waals surface area (Å²) in [6.07, 6.45) is 1.82. The molecule has 1 saturated carbocycles. The smallest absolute Gasteiger partial charge is 0.165 e. The van der Waals surface area contributed by atoms with Gasteiger partial charge in [0.05, 0.1) is 0 Å². The van der Waals surface area contributed by atoms with E-state index in [1.807, 2.05) is 13.8 Å². The van der Waals surface area contributed by atoms with Crippen LogP contribution in [0.15, 0.2) is 12.7 Å². The number of rotatable bonds is 1. The van der Waals surface area contributed by atoms with Crippen LogP contribution in [-0.4, -0.2) is 23.8 Å². The monoisotopic (exact) mass is 182 g/mol. The predicted molar refractivity (Wildman–Crippen MR) is 47.1 cm³/mol. The lowest BCUT2D eigenvalue weighted by Crippen LogP contribution is -2.25. The molecule has 0 aromatic rings. The molecule has 3 atom stereocenters. The zero-order valence-electron chi connectivity index (χ0n) is 7.95. The molecular formula is C10H14O3. The average Bonchev–Trinajstić information content (AvgIpc) is 2.47. The molecule has 3 nitrogen and oxygen atoms in total. The largest absolute Gasteiger partial charge is 0.343 e. The topological polar surface area (TPSA) is 35.5 Å². The minimum absolute atomic E-state index is 0.111. The zero-order valence-corrected chi connectivity index (χ0v) is 7.95. The van der Waals surface area contributed by atoms with Gasteiger partial charge >= 0.3 is 0 Å². The van der Waals surface area contributed by atoms with Gasteiger partial charge in [0, 0.05) is 12.3 Å². The summed E-state index contributed by atoms with van der Waals surface area (Å²) >= 11 is 0. The summed E-state index contributed by atoms with van der Waals surface area (Å²) in [6, 6.07) is 0. The lowest BCUT2D eigenvalue weighted by molar-refractivity contribution is -0.161. The molecule has 3 heteroatoms. The Morgan fingerprint density at radius 3 is 2.85 bits per heavy atom. The molecule has 0 spiro atoms. The van der Waals surface area contributed by atoms with E-state index in [0.717, 1.165) is 0 Å². The number of hydrogen-bond donors (Lipinski definition) is 0. The molecule has 1 aliphatic carbocycles. The summed E-state index contributed by atoms with van der Waals surface area (Å²) < 4.78 is 11.1. The van der Waals surface area contributed by atoms with Gasteiger partial charge in [-0.2, -0.15) is 0 Å². The third-order valence-corrected chi connectivity index (χ3v) is 2.61. The van der Waals surface area contributed by atoms with Crippen molar-refractivity contribution < 1.29 is 14.3 Å². The lowest BCUT2D eigenvalue weighted by Gasteiger charge is -2.19. The highest BCUT2D eigenvalue weighted by Crippen LogP contribution is 2.39. The first-order valence-electron chi connectivity index (χ1n) is 4.54. The summed E-state index contributed by atoms with van der Waals surface area (Å²) in [4.78, 5) is 11.5. The maximum Gasteiger partial charge on any atom is 0.165 e. The van der Waals surface area contributed by atoms with Gasteiger partial charge in [0.2, 0.25) is 0 Å². The second kappa shape index (κ2) is 2.66. The molecule has 2 aliphatic rings. The van der Waals surface area contributed by atoms with E-state index in [1.54, 1.807) is 6.08 Å². The highest BCUT2D eigenvalue weighted by molar-refractivity contribution is 5.87. The molecule has 0 radical (unpaired) electrons.